The zero-order valence-corrected chi connectivity index (χ0v) is 15.5. The first-order chi connectivity index (χ1) is 12.4. The van der Waals surface area contributed by atoms with E-state index in [4.69, 9.17) is 4.74 Å². The van der Waals surface area contributed by atoms with Gasteiger partial charge in [0.15, 0.2) is 0 Å². The maximum Gasteiger partial charge on any atom is 0.349 e. The van der Waals surface area contributed by atoms with Crippen molar-refractivity contribution in [3.8, 4) is 0 Å². The van der Waals surface area contributed by atoms with E-state index in [1.54, 1.807) is 57.4 Å². The summed E-state index contributed by atoms with van der Waals surface area (Å²) in [6.07, 6.45) is -1.05. The first-order valence-electron chi connectivity index (χ1n) is 8.05. The maximum atomic E-state index is 14.1. The van der Waals surface area contributed by atoms with E-state index in [0.717, 1.165) is 11.3 Å². The van der Waals surface area contributed by atoms with Crippen molar-refractivity contribution in [1.82, 2.24) is 4.90 Å². The Morgan fingerprint density at radius 2 is 1.77 bits per heavy atom. The number of halogens is 1. The molecule has 2 aromatic carbocycles. The normalized spacial score (nSPS) is 12.0. The van der Waals surface area contributed by atoms with Crippen LogP contribution in [0.3, 0.4) is 0 Å². The largest absolute Gasteiger partial charge is 0.443 e. The van der Waals surface area contributed by atoms with Gasteiger partial charge >= 0.3 is 5.97 Å². The van der Waals surface area contributed by atoms with Gasteiger partial charge in [0.2, 0.25) is 6.10 Å². The van der Waals surface area contributed by atoms with Crippen LogP contribution in [-0.4, -0.2) is 30.9 Å². The zero-order chi connectivity index (χ0) is 18.8. The van der Waals surface area contributed by atoms with Crippen LogP contribution < -0.4 is 0 Å². The van der Waals surface area contributed by atoms with Crippen LogP contribution in [0.2, 0.25) is 0 Å². The Labute approximate surface area is 154 Å². The minimum Gasteiger partial charge on any atom is -0.443 e. The number of ether oxygens (including phenoxy) is 1. The molecule has 1 amide bonds. The van der Waals surface area contributed by atoms with Crippen LogP contribution in [0, 0.1) is 12.7 Å². The summed E-state index contributed by atoms with van der Waals surface area (Å²) >= 11 is 1.16. The van der Waals surface area contributed by atoms with Gasteiger partial charge in [-0.2, -0.15) is 0 Å². The number of esters is 1. The van der Waals surface area contributed by atoms with Crippen molar-refractivity contribution in [3.05, 3.63) is 70.4 Å². The highest BCUT2D eigenvalue weighted by Gasteiger charge is 2.29. The van der Waals surface area contributed by atoms with E-state index in [2.05, 4.69) is 0 Å². The van der Waals surface area contributed by atoms with Gasteiger partial charge in [-0.15, -0.1) is 11.3 Å². The maximum absolute atomic E-state index is 14.1. The van der Waals surface area contributed by atoms with Gasteiger partial charge < -0.3 is 9.64 Å². The van der Waals surface area contributed by atoms with Crippen molar-refractivity contribution < 1.29 is 18.7 Å². The molecule has 0 aliphatic heterocycles. The van der Waals surface area contributed by atoms with E-state index >= 15 is 0 Å². The van der Waals surface area contributed by atoms with E-state index in [0.29, 0.717) is 26.1 Å². The summed E-state index contributed by atoms with van der Waals surface area (Å²) in [5, 5.41) is 0.416. The molecule has 0 radical (unpaired) electrons. The first-order valence-corrected chi connectivity index (χ1v) is 8.86. The molecule has 0 bridgehead atoms. The summed E-state index contributed by atoms with van der Waals surface area (Å²) in [7, 11) is 3.21. The summed E-state index contributed by atoms with van der Waals surface area (Å²) in [5.41, 5.74) is 1.11. The summed E-state index contributed by atoms with van der Waals surface area (Å²) in [6, 6.07) is 13.6. The van der Waals surface area contributed by atoms with Crippen molar-refractivity contribution >= 4 is 33.3 Å². The van der Waals surface area contributed by atoms with Gasteiger partial charge in [0.05, 0.1) is 0 Å². The second kappa shape index (κ2) is 7.25. The Balaban J connectivity index is 1.97. The SMILES string of the molecule is Cc1c(C(=O)O[C@H](C(=O)N(C)C)c2ccccc2)sc2cccc(F)c12. The number of nitrogens with zero attached hydrogens (tertiary/aromatic N) is 1. The van der Waals surface area contributed by atoms with Crippen LogP contribution >= 0.6 is 11.3 Å². The fourth-order valence-electron chi connectivity index (χ4n) is 2.73. The Morgan fingerprint density at radius 1 is 1.08 bits per heavy atom. The lowest BCUT2D eigenvalue weighted by atomic mass is 10.1. The second-order valence-corrected chi connectivity index (χ2v) is 7.15. The number of amides is 1. The molecule has 0 unspecified atom stereocenters. The number of hydrogen-bond acceptors (Lipinski definition) is 4. The standard InChI is InChI=1S/C20H18FNO3S/c1-12-16-14(21)10-7-11-15(16)26-18(12)20(24)25-17(19(23)22(2)3)13-8-5-4-6-9-13/h4-11,17H,1-3H3/t17-/m0/s1. The fourth-order valence-corrected chi connectivity index (χ4v) is 3.84. The van der Waals surface area contributed by atoms with Crippen LogP contribution in [0.1, 0.15) is 26.9 Å². The molecule has 0 aliphatic carbocycles. The fraction of sp³-hybridized carbons (Fsp3) is 0.200. The molecule has 0 aliphatic rings. The Kier molecular flexibility index (Phi) is 5.04. The molecule has 6 heteroatoms. The van der Waals surface area contributed by atoms with E-state index in [1.165, 1.54) is 11.0 Å². The average Bonchev–Trinajstić information content (AvgIpc) is 2.97. The van der Waals surface area contributed by atoms with Gasteiger partial charge in [-0.05, 0) is 24.6 Å². The Bertz CT molecular complexity index is 966. The predicted octanol–water partition coefficient (Wildman–Crippen LogP) is 4.34. The third-order valence-corrected chi connectivity index (χ3v) is 5.32. The van der Waals surface area contributed by atoms with Gasteiger partial charge in [-0.3, -0.25) is 4.79 Å². The first kappa shape index (κ1) is 18.1. The van der Waals surface area contributed by atoms with Crippen LogP contribution in [0.25, 0.3) is 10.1 Å². The smallest absolute Gasteiger partial charge is 0.349 e. The molecule has 3 rings (SSSR count). The van der Waals surface area contributed by atoms with Gasteiger partial charge in [-0.1, -0.05) is 36.4 Å². The molecule has 26 heavy (non-hydrogen) atoms. The average molecular weight is 371 g/mol. The minimum atomic E-state index is -1.05. The number of rotatable bonds is 4. The molecule has 1 heterocycles. The van der Waals surface area contributed by atoms with Crippen LogP contribution in [0.15, 0.2) is 48.5 Å². The number of aryl methyl sites for hydroxylation is 1. The molecule has 3 aromatic rings. The number of thiophene rings is 1. The number of hydrogen-bond donors (Lipinski definition) is 0. The lowest BCUT2D eigenvalue weighted by Gasteiger charge is -2.21. The van der Waals surface area contributed by atoms with Gasteiger partial charge in [0.25, 0.3) is 5.91 Å². The van der Waals surface area contributed by atoms with E-state index in [-0.39, 0.29) is 11.7 Å². The van der Waals surface area contributed by atoms with E-state index in [1.807, 2.05) is 6.07 Å². The molecule has 0 saturated carbocycles. The number of fused-ring (bicyclic) bond motifs is 1. The van der Waals surface area contributed by atoms with Crippen LogP contribution in [0.4, 0.5) is 4.39 Å². The highest BCUT2D eigenvalue weighted by molar-refractivity contribution is 7.21. The van der Waals surface area contributed by atoms with E-state index in [9.17, 15) is 14.0 Å². The molecule has 1 atom stereocenters. The summed E-state index contributed by atoms with van der Waals surface area (Å²) < 4.78 is 20.3. The Morgan fingerprint density at radius 3 is 2.38 bits per heavy atom. The van der Waals surface area contributed by atoms with Crippen molar-refractivity contribution in [3.63, 3.8) is 0 Å². The summed E-state index contributed by atoms with van der Waals surface area (Å²) in [5.74, 6) is -1.35. The van der Waals surface area contributed by atoms with Crippen LogP contribution in [-0.2, 0) is 9.53 Å². The molecular formula is C20H18FNO3S. The minimum absolute atomic E-state index is 0.303. The van der Waals surface area contributed by atoms with Crippen molar-refractivity contribution in [1.29, 1.82) is 0 Å². The van der Waals surface area contributed by atoms with Gasteiger partial charge in [0, 0.05) is 29.7 Å². The predicted molar refractivity (Wildman–Crippen MR) is 99.8 cm³/mol. The lowest BCUT2D eigenvalue weighted by molar-refractivity contribution is -0.138. The summed E-state index contributed by atoms with van der Waals surface area (Å²) in [6.45, 7) is 1.68. The Hall–Kier alpha value is -2.73. The summed E-state index contributed by atoms with van der Waals surface area (Å²) in [4.78, 5) is 26.9. The molecule has 0 fully saturated rings. The van der Waals surface area contributed by atoms with Crippen molar-refractivity contribution in [2.45, 2.75) is 13.0 Å². The molecule has 0 spiro atoms. The van der Waals surface area contributed by atoms with Crippen molar-refractivity contribution in [2.24, 2.45) is 0 Å². The number of carbonyl (C=O) groups excluding carboxylic acids is 2. The topological polar surface area (TPSA) is 46.6 Å². The third kappa shape index (κ3) is 3.32. The monoisotopic (exact) mass is 371 g/mol. The quantitative estimate of drug-likeness (QED) is 0.641. The third-order valence-electron chi connectivity index (χ3n) is 4.08. The molecule has 0 N–H and O–H groups in total. The molecule has 4 nitrogen and oxygen atoms in total. The molecular weight excluding hydrogens is 353 g/mol. The molecule has 134 valence electrons. The second-order valence-electron chi connectivity index (χ2n) is 6.10. The number of carbonyl (C=O) groups is 2. The van der Waals surface area contributed by atoms with Crippen LogP contribution in [0.5, 0.6) is 0 Å². The van der Waals surface area contributed by atoms with Crippen molar-refractivity contribution in [2.75, 3.05) is 14.1 Å². The number of benzene rings is 2. The van der Waals surface area contributed by atoms with Gasteiger partial charge in [-0.25, -0.2) is 9.18 Å². The molecule has 0 saturated heterocycles. The zero-order valence-electron chi connectivity index (χ0n) is 14.7. The highest BCUT2D eigenvalue weighted by Crippen LogP contribution is 2.34. The van der Waals surface area contributed by atoms with Gasteiger partial charge in [0.1, 0.15) is 10.7 Å². The highest BCUT2D eigenvalue weighted by atomic mass is 32.1. The number of likely N-dealkylation sites (N-methyl/N-ethyl adjacent to an activating group) is 1. The molecule has 1 aromatic heterocycles. The van der Waals surface area contributed by atoms with E-state index < -0.39 is 12.1 Å². The lowest BCUT2D eigenvalue weighted by Crippen LogP contribution is -2.31.